The number of rotatable bonds is 5. The second kappa shape index (κ2) is 7.99. The van der Waals surface area contributed by atoms with Gasteiger partial charge < -0.3 is 19.6 Å². The number of ether oxygens (including phenoxy) is 1. The van der Waals surface area contributed by atoms with Crippen molar-refractivity contribution in [2.24, 2.45) is 5.92 Å². The summed E-state index contributed by atoms with van der Waals surface area (Å²) in [6.45, 7) is 0. The smallest absolute Gasteiger partial charge is 0.306 e. The van der Waals surface area contributed by atoms with E-state index >= 15 is 0 Å². The van der Waals surface area contributed by atoms with Crippen LogP contribution in [0.5, 0.6) is 5.75 Å². The van der Waals surface area contributed by atoms with E-state index in [-0.39, 0.29) is 23.6 Å². The summed E-state index contributed by atoms with van der Waals surface area (Å²) >= 11 is 0. The van der Waals surface area contributed by atoms with Crippen LogP contribution in [0.2, 0.25) is 0 Å². The van der Waals surface area contributed by atoms with Crippen LogP contribution in [0.25, 0.3) is 22.1 Å². The minimum Gasteiger partial charge on any atom is -0.497 e. The van der Waals surface area contributed by atoms with Crippen LogP contribution in [0.4, 0.5) is 0 Å². The fourth-order valence-electron chi connectivity index (χ4n) is 3.99. The van der Waals surface area contributed by atoms with Gasteiger partial charge in [0.25, 0.3) is 5.91 Å². The van der Waals surface area contributed by atoms with Crippen LogP contribution in [0, 0.1) is 5.92 Å². The number of amides is 1. The number of nitrogens with one attached hydrogen (secondary N) is 1. The third-order valence-corrected chi connectivity index (χ3v) is 5.58. The van der Waals surface area contributed by atoms with Crippen molar-refractivity contribution in [2.45, 2.75) is 31.7 Å². The zero-order valence-electron chi connectivity index (χ0n) is 16.2. The van der Waals surface area contributed by atoms with Gasteiger partial charge in [-0.2, -0.15) is 0 Å². The van der Waals surface area contributed by atoms with Gasteiger partial charge >= 0.3 is 5.97 Å². The van der Waals surface area contributed by atoms with E-state index in [1.165, 1.54) is 0 Å². The average Bonchev–Trinajstić information content (AvgIpc) is 3.13. The van der Waals surface area contributed by atoms with Crippen molar-refractivity contribution in [1.82, 2.24) is 5.32 Å². The number of carboxylic acid groups (broad SMARTS) is 1. The van der Waals surface area contributed by atoms with Gasteiger partial charge in [-0.05, 0) is 43.4 Å². The fourth-order valence-corrected chi connectivity index (χ4v) is 3.99. The van der Waals surface area contributed by atoms with Crippen molar-refractivity contribution < 1.29 is 23.8 Å². The molecule has 29 heavy (non-hydrogen) atoms. The molecule has 0 radical (unpaired) electrons. The molecule has 1 saturated carbocycles. The van der Waals surface area contributed by atoms with Crippen LogP contribution >= 0.6 is 0 Å². The number of hydrogen-bond donors (Lipinski definition) is 2. The van der Waals surface area contributed by atoms with E-state index in [0.29, 0.717) is 37.0 Å². The Bertz CT molecular complexity index is 1030. The summed E-state index contributed by atoms with van der Waals surface area (Å²) in [5.74, 6) is -0.434. The molecule has 1 fully saturated rings. The maximum absolute atomic E-state index is 13.1. The third-order valence-electron chi connectivity index (χ3n) is 5.58. The molecular weight excluding hydrogens is 370 g/mol. The molecule has 1 amide bonds. The summed E-state index contributed by atoms with van der Waals surface area (Å²) in [4.78, 5) is 24.2. The first-order chi connectivity index (χ1) is 14.1. The van der Waals surface area contributed by atoms with Crippen LogP contribution in [0.1, 0.15) is 36.2 Å². The molecule has 0 aliphatic heterocycles. The lowest BCUT2D eigenvalue weighted by Crippen LogP contribution is -2.38. The first kappa shape index (κ1) is 19.1. The van der Waals surface area contributed by atoms with Crippen LogP contribution in [0.15, 0.2) is 52.9 Å². The number of hydrogen-bond acceptors (Lipinski definition) is 4. The molecule has 0 atom stereocenters. The highest BCUT2D eigenvalue weighted by atomic mass is 16.5. The predicted octanol–water partition coefficient (Wildman–Crippen LogP) is 4.48. The lowest BCUT2D eigenvalue weighted by molar-refractivity contribution is -0.142. The SMILES string of the molecule is COc1ccc2c(-c3ccccc3)c(C(=O)NC3CCC(C(=O)O)CC3)oc2c1. The fraction of sp³-hybridized carbons (Fsp3) is 0.304. The molecule has 0 spiro atoms. The third kappa shape index (κ3) is 3.83. The normalized spacial score (nSPS) is 19.1. The molecule has 1 heterocycles. The monoisotopic (exact) mass is 393 g/mol. The molecule has 0 unspecified atom stereocenters. The van der Waals surface area contributed by atoms with Gasteiger partial charge in [-0.25, -0.2) is 0 Å². The average molecular weight is 393 g/mol. The summed E-state index contributed by atoms with van der Waals surface area (Å²) in [6.07, 6.45) is 2.45. The summed E-state index contributed by atoms with van der Waals surface area (Å²) in [5.41, 5.74) is 2.24. The summed E-state index contributed by atoms with van der Waals surface area (Å²) in [7, 11) is 1.59. The van der Waals surface area contributed by atoms with Gasteiger partial charge in [0.15, 0.2) is 0 Å². The topological polar surface area (TPSA) is 88.8 Å². The van der Waals surface area contributed by atoms with Gasteiger partial charge in [-0.1, -0.05) is 30.3 Å². The van der Waals surface area contributed by atoms with Gasteiger partial charge in [-0.15, -0.1) is 0 Å². The molecule has 2 aromatic carbocycles. The van der Waals surface area contributed by atoms with Gasteiger partial charge in [0.05, 0.1) is 13.0 Å². The number of benzene rings is 2. The van der Waals surface area contributed by atoms with Gasteiger partial charge in [0.1, 0.15) is 11.3 Å². The lowest BCUT2D eigenvalue weighted by atomic mass is 9.86. The van der Waals surface area contributed by atoms with E-state index in [4.69, 9.17) is 14.3 Å². The maximum Gasteiger partial charge on any atom is 0.306 e. The molecule has 1 aliphatic rings. The summed E-state index contributed by atoms with van der Waals surface area (Å²) in [6, 6.07) is 15.1. The van der Waals surface area contributed by atoms with Crippen molar-refractivity contribution in [3.63, 3.8) is 0 Å². The highest BCUT2D eigenvalue weighted by Crippen LogP contribution is 2.37. The second-order valence-corrected chi connectivity index (χ2v) is 7.39. The van der Waals surface area contributed by atoms with Crippen molar-refractivity contribution in [3.05, 3.63) is 54.3 Å². The summed E-state index contributed by atoms with van der Waals surface area (Å²) in [5, 5.41) is 13.0. The highest BCUT2D eigenvalue weighted by Gasteiger charge is 2.29. The molecule has 3 aromatic rings. The Morgan fingerprint density at radius 3 is 2.45 bits per heavy atom. The lowest BCUT2D eigenvalue weighted by Gasteiger charge is -2.26. The molecule has 2 N–H and O–H groups in total. The van der Waals surface area contributed by atoms with E-state index in [2.05, 4.69) is 5.32 Å². The van der Waals surface area contributed by atoms with Crippen molar-refractivity contribution in [2.75, 3.05) is 7.11 Å². The molecule has 150 valence electrons. The first-order valence-corrected chi connectivity index (χ1v) is 9.76. The van der Waals surface area contributed by atoms with E-state index in [9.17, 15) is 9.59 Å². The largest absolute Gasteiger partial charge is 0.497 e. The Hall–Kier alpha value is -3.28. The number of aliphatic carboxylic acids is 1. The van der Waals surface area contributed by atoms with Crippen molar-refractivity contribution in [3.8, 4) is 16.9 Å². The predicted molar refractivity (Wildman–Crippen MR) is 109 cm³/mol. The number of carbonyl (C=O) groups excluding carboxylic acids is 1. The highest BCUT2D eigenvalue weighted by molar-refractivity contribution is 6.08. The second-order valence-electron chi connectivity index (χ2n) is 7.39. The zero-order valence-corrected chi connectivity index (χ0v) is 16.2. The molecular formula is C23H23NO5. The minimum atomic E-state index is -0.757. The summed E-state index contributed by atoms with van der Waals surface area (Å²) < 4.78 is 11.3. The van der Waals surface area contributed by atoms with Crippen LogP contribution in [-0.4, -0.2) is 30.1 Å². The quantitative estimate of drug-likeness (QED) is 0.667. The minimum absolute atomic E-state index is 0.0514. The van der Waals surface area contributed by atoms with E-state index < -0.39 is 5.97 Å². The maximum atomic E-state index is 13.1. The standard InChI is InChI=1S/C23H23NO5/c1-28-17-11-12-18-19(13-17)29-21(20(18)14-5-3-2-4-6-14)22(25)24-16-9-7-15(8-10-16)23(26)27/h2-6,11-13,15-16H,7-10H2,1H3,(H,24,25)(H,26,27). The van der Waals surface area contributed by atoms with Crippen molar-refractivity contribution >= 4 is 22.8 Å². The molecule has 0 bridgehead atoms. The molecule has 1 aromatic heterocycles. The van der Waals surface area contributed by atoms with E-state index in [1.54, 1.807) is 13.2 Å². The number of furan rings is 1. The zero-order chi connectivity index (χ0) is 20.4. The Morgan fingerprint density at radius 1 is 1.07 bits per heavy atom. The Labute approximate surface area is 168 Å². The number of carboxylic acids is 1. The Balaban J connectivity index is 1.65. The van der Waals surface area contributed by atoms with Crippen LogP contribution in [0.3, 0.4) is 0 Å². The molecule has 6 nitrogen and oxygen atoms in total. The van der Waals surface area contributed by atoms with Crippen molar-refractivity contribution in [1.29, 1.82) is 0 Å². The number of methoxy groups -OCH3 is 1. The molecule has 0 saturated heterocycles. The van der Waals surface area contributed by atoms with Gasteiger partial charge in [-0.3, -0.25) is 9.59 Å². The molecule has 4 rings (SSSR count). The van der Waals surface area contributed by atoms with E-state index in [1.807, 2.05) is 42.5 Å². The Morgan fingerprint density at radius 2 is 1.79 bits per heavy atom. The van der Waals surface area contributed by atoms with Crippen LogP contribution < -0.4 is 10.1 Å². The molecule has 6 heteroatoms. The van der Waals surface area contributed by atoms with Crippen LogP contribution in [-0.2, 0) is 4.79 Å². The first-order valence-electron chi connectivity index (χ1n) is 9.76. The molecule has 1 aliphatic carbocycles. The Kier molecular flexibility index (Phi) is 5.25. The van der Waals surface area contributed by atoms with E-state index in [0.717, 1.165) is 16.5 Å². The van der Waals surface area contributed by atoms with Gasteiger partial charge in [0, 0.05) is 23.1 Å². The van der Waals surface area contributed by atoms with Gasteiger partial charge in [0.2, 0.25) is 5.76 Å². The number of carbonyl (C=O) groups is 2. The number of fused-ring (bicyclic) bond motifs is 1.